The van der Waals surface area contributed by atoms with Crippen LogP contribution in [-0.2, 0) is 0 Å². The van der Waals surface area contributed by atoms with Crippen molar-refractivity contribution in [1.29, 1.82) is 0 Å². The van der Waals surface area contributed by atoms with Gasteiger partial charge in [-0.15, -0.1) is 0 Å². The number of hydrogen-bond donors (Lipinski definition) is 0. The summed E-state index contributed by atoms with van der Waals surface area (Å²) in [4.78, 5) is 8.37. The molecule has 0 saturated heterocycles. The predicted octanol–water partition coefficient (Wildman–Crippen LogP) is 5.76. The molecule has 3 aromatic rings. The minimum Gasteiger partial charge on any atom is -0.255 e. The molecule has 0 aliphatic heterocycles. The maximum Gasteiger partial charge on any atom is 0.0886 e. The van der Waals surface area contributed by atoms with Crippen molar-refractivity contribution in [2.45, 2.75) is 24.2 Å². The van der Waals surface area contributed by atoms with E-state index in [1.165, 1.54) is 10.0 Å². The van der Waals surface area contributed by atoms with Crippen molar-refractivity contribution in [1.82, 2.24) is 9.97 Å². The largest absolute Gasteiger partial charge is 0.255 e. The molecule has 2 heterocycles. The second-order valence-corrected chi connectivity index (χ2v) is 22.7. The number of nitrogens with zero attached hydrogens (tertiary/aromatic N) is 2. The summed E-state index contributed by atoms with van der Waals surface area (Å²) in [6.07, 6.45) is 5.86. The van der Waals surface area contributed by atoms with Gasteiger partial charge in [0.2, 0.25) is 0 Å². The van der Waals surface area contributed by atoms with Crippen molar-refractivity contribution in [2.75, 3.05) is 0 Å². The first kappa shape index (κ1) is 20.2. The van der Waals surface area contributed by atoms with E-state index in [1.54, 1.807) is 12.4 Å². The molecule has 2 nitrogen and oxygen atoms in total. The molecule has 3 rings (SSSR count). The minimum atomic E-state index is -2.90. The second kappa shape index (κ2) is 10.8. The fraction of sp³-hybridized carbons (Fsp3) is 0.200. The Hall–Kier alpha value is -1.10. The van der Waals surface area contributed by atoms with Gasteiger partial charge in [-0.2, -0.15) is 0 Å². The zero-order valence-electron chi connectivity index (χ0n) is 14.3. The molecule has 0 amide bonds. The van der Waals surface area contributed by atoms with Crippen LogP contribution in [-0.4, -0.2) is 26.1 Å². The van der Waals surface area contributed by atoms with Crippen LogP contribution in [0.1, 0.15) is 19.8 Å². The molecule has 1 aromatic carbocycles. The van der Waals surface area contributed by atoms with E-state index < -0.39 is 16.1 Å². The summed E-state index contributed by atoms with van der Waals surface area (Å²) >= 11 is -2.90. The van der Waals surface area contributed by atoms with Gasteiger partial charge in [0, 0.05) is 12.4 Å². The Morgan fingerprint density at radius 3 is 1.72 bits per heavy atom. The van der Waals surface area contributed by atoms with Gasteiger partial charge in [-0.1, -0.05) is 12.1 Å². The van der Waals surface area contributed by atoms with Gasteiger partial charge >= 0.3 is 92.1 Å². The number of unbranched alkanes of at least 4 members (excludes halogenated alkanes) is 1. The van der Waals surface area contributed by atoms with E-state index in [-0.39, 0.29) is 0 Å². The van der Waals surface area contributed by atoms with Gasteiger partial charge in [-0.25, -0.2) is 0 Å². The summed E-state index contributed by atoms with van der Waals surface area (Å²) in [5.41, 5.74) is 1.83. The van der Waals surface area contributed by atoms with E-state index >= 15 is 0 Å². The normalized spacial score (nSPS) is 10.7. The first-order chi connectivity index (χ1) is 12.1. The molecular formula is C20H22Cl2N2Sn. The minimum absolute atomic E-state index is 0.915. The van der Waals surface area contributed by atoms with Gasteiger partial charge in [0.05, 0.1) is 11.4 Å². The van der Waals surface area contributed by atoms with Crippen LogP contribution in [0.3, 0.4) is 0 Å². The van der Waals surface area contributed by atoms with Crippen LogP contribution < -0.4 is 3.58 Å². The van der Waals surface area contributed by atoms with E-state index in [4.69, 9.17) is 17.8 Å². The fourth-order valence-corrected chi connectivity index (χ4v) is 10.8. The summed E-state index contributed by atoms with van der Waals surface area (Å²) in [5.74, 6) is 0. The maximum atomic E-state index is 6.42. The van der Waals surface area contributed by atoms with Crippen molar-refractivity contribution < 1.29 is 0 Å². The average Bonchev–Trinajstić information content (AvgIpc) is 2.69. The fourth-order valence-electron chi connectivity index (χ4n) is 2.25. The zero-order valence-corrected chi connectivity index (χ0v) is 18.6. The summed E-state index contributed by atoms with van der Waals surface area (Å²) < 4.78 is 2.23. The third kappa shape index (κ3) is 6.96. The number of pyridine rings is 2. The number of hydrogen-bond acceptors (Lipinski definition) is 2. The molecule has 0 bridgehead atoms. The molecular weight excluding hydrogens is 458 g/mol. The van der Waals surface area contributed by atoms with Crippen LogP contribution in [0.2, 0.25) is 4.44 Å². The van der Waals surface area contributed by atoms with Gasteiger partial charge in [-0.3, -0.25) is 9.97 Å². The maximum absolute atomic E-state index is 6.42. The number of aromatic nitrogens is 2. The van der Waals surface area contributed by atoms with E-state index in [0.29, 0.717) is 0 Å². The number of halogens is 2. The molecule has 0 aliphatic carbocycles. The van der Waals surface area contributed by atoms with E-state index in [2.05, 4.69) is 29.0 Å². The standard InChI is InChI=1S/C10H8N2.C6H5.C4H9.2ClH.Sn/c1-3-7-11-9(5-1)10-6-2-4-8-12-10;1-2-4-6-5-3-1;1-3-4-2;;;/h1-8H;1-5H;1,3-4H2,2H3;2*1H;/q;;;;;+2/p-2. The third-order valence-electron chi connectivity index (χ3n) is 3.63. The van der Waals surface area contributed by atoms with Crippen LogP contribution in [0, 0.1) is 0 Å². The monoisotopic (exact) mass is 480 g/mol. The molecule has 0 atom stereocenters. The van der Waals surface area contributed by atoms with Crippen molar-refractivity contribution >= 4 is 37.5 Å². The molecule has 25 heavy (non-hydrogen) atoms. The molecule has 0 unspecified atom stereocenters. The van der Waals surface area contributed by atoms with Crippen molar-refractivity contribution in [3.63, 3.8) is 0 Å². The Balaban J connectivity index is 0.000000181. The number of rotatable bonds is 5. The van der Waals surface area contributed by atoms with Gasteiger partial charge in [0.15, 0.2) is 0 Å². The van der Waals surface area contributed by atoms with E-state index in [9.17, 15) is 0 Å². The van der Waals surface area contributed by atoms with Crippen molar-refractivity contribution in [3.05, 3.63) is 79.1 Å². The second-order valence-electron chi connectivity index (χ2n) is 5.60. The van der Waals surface area contributed by atoms with Crippen LogP contribution in [0.15, 0.2) is 79.1 Å². The average molecular weight is 480 g/mol. The van der Waals surface area contributed by atoms with Crippen LogP contribution in [0.4, 0.5) is 0 Å². The van der Waals surface area contributed by atoms with Crippen LogP contribution in [0.5, 0.6) is 0 Å². The number of benzene rings is 1. The Bertz CT molecular complexity index is 685. The summed E-state index contributed by atoms with van der Waals surface area (Å²) in [6.45, 7) is 2.17. The molecule has 0 N–H and O–H groups in total. The predicted molar refractivity (Wildman–Crippen MR) is 111 cm³/mol. The quantitative estimate of drug-likeness (QED) is 0.435. The molecule has 2 aromatic heterocycles. The summed E-state index contributed by atoms with van der Waals surface area (Å²) in [7, 11) is 12.8. The Kier molecular flexibility index (Phi) is 8.73. The molecule has 0 aliphatic rings. The first-order valence-electron chi connectivity index (χ1n) is 8.39. The third-order valence-corrected chi connectivity index (χ3v) is 15.3. The molecule has 0 fully saturated rings. The van der Waals surface area contributed by atoms with Gasteiger partial charge < -0.3 is 0 Å². The summed E-state index contributed by atoms with van der Waals surface area (Å²) in [6, 6.07) is 21.7. The topological polar surface area (TPSA) is 25.8 Å². The smallest absolute Gasteiger partial charge is 0.0886 e. The van der Waals surface area contributed by atoms with E-state index in [0.717, 1.165) is 22.2 Å². The molecule has 0 saturated carbocycles. The van der Waals surface area contributed by atoms with Crippen LogP contribution in [0.25, 0.3) is 11.4 Å². The van der Waals surface area contributed by atoms with Crippen molar-refractivity contribution in [3.8, 4) is 11.4 Å². The zero-order chi connectivity index (χ0) is 18.0. The Labute approximate surface area is 161 Å². The Morgan fingerprint density at radius 2 is 1.28 bits per heavy atom. The Morgan fingerprint density at radius 1 is 0.760 bits per heavy atom. The van der Waals surface area contributed by atoms with Crippen molar-refractivity contribution in [2.24, 2.45) is 0 Å². The summed E-state index contributed by atoms with van der Waals surface area (Å²) in [5, 5.41) is 0. The van der Waals surface area contributed by atoms with Gasteiger partial charge in [0.25, 0.3) is 0 Å². The molecule has 5 heteroatoms. The first-order valence-corrected chi connectivity index (χ1v) is 19.1. The SMILES string of the molecule is CCC[CH2][Sn]([Cl])([Cl])[c]1ccccc1.c1ccc(-c2ccccn2)nc1. The van der Waals surface area contributed by atoms with Gasteiger partial charge in [-0.05, 0) is 24.3 Å². The molecule has 0 radical (unpaired) electrons. The van der Waals surface area contributed by atoms with E-state index in [1.807, 2.05) is 54.6 Å². The molecule has 130 valence electrons. The van der Waals surface area contributed by atoms with Crippen LogP contribution >= 0.6 is 17.8 Å². The molecule has 0 spiro atoms. The van der Waals surface area contributed by atoms with Gasteiger partial charge in [0.1, 0.15) is 0 Å².